The smallest absolute Gasteiger partial charge is 0.325 e. The van der Waals surface area contributed by atoms with Crippen LogP contribution in [0.3, 0.4) is 0 Å². The normalized spacial score (nSPS) is 12.1. The summed E-state index contributed by atoms with van der Waals surface area (Å²) in [6.07, 6.45) is 1.18. The molecule has 0 saturated carbocycles. The second-order valence-electron chi connectivity index (χ2n) is 2.79. The number of hydrogen-bond acceptors (Lipinski definition) is 4. The maximum absolute atomic E-state index is 11.3. The van der Waals surface area contributed by atoms with Crippen LogP contribution >= 0.6 is 0 Å². The molecular weight excluding hydrogens is 188 g/mol. The highest BCUT2D eigenvalue weighted by Crippen LogP contribution is 2.00. The predicted octanol–water partition coefficient (Wildman–Crippen LogP) is 0.186. The zero-order valence-corrected chi connectivity index (χ0v) is 7.77. The largest absolute Gasteiger partial charge is 0.480 e. The van der Waals surface area contributed by atoms with Gasteiger partial charge in [0.25, 0.3) is 5.91 Å². The molecule has 1 heterocycles. The molecule has 0 radical (unpaired) electrons. The van der Waals surface area contributed by atoms with Crippen LogP contribution in [-0.2, 0) is 4.79 Å². The van der Waals surface area contributed by atoms with Crippen molar-refractivity contribution in [1.29, 1.82) is 0 Å². The Morgan fingerprint density at radius 2 is 2.29 bits per heavy atom. The van der Waals surface area contributed by atoms with Crippen molar-refractivity contribution < 1.29 is 19.1 Å². The van der Waals surface area contributed by atoms with E-state index in [4.69, 9.17) is 9.52 Å². The average molecular weight is 198 g/mol. The second kappa shape index (κ2) is 3.91. The Labute approximate surface area is 79.9 Å². The summed E-state index contributed by atoms with van der Waals surface area (Å²) < 4.78 is 4.81. The first-order chi connectivity index (χ1) is 6.50. The van der Waals surface area contributed by atoms with E-state index in [0.29, 0.717) is 5.89 Å². The number of nitrogens with one attached hydrogen (secondary N) is 1. The molecule has 2 N–H and O–H groups in total. The molecule has 6 heteroatoms. The van der Waals surface area contributed by atoms with Crippen LogP contribution < -0.4 is 5.32 Å². The van der Waals surface area contributed by atoms with E-state index >= 15 is 0 Å². The number of carbonyl (C=O) groups excluding carboxylic acids is 1. The van der Waals surface area contributed by atoms with Gasteiger partial charge in [0.15, 0.2) is 11.6 Å². The van der Waals surface area contributed by atoms with Crippen LogP contribution in [0, 0.1) is 6.92 Å². The fraction of sp³-hybridized carbons (Fsp3) is 0.375. The number of nitrogens with zero attached hydrogens (tertiary/aromatic N) is 1. The minimum absolute atomic E-state index is 0.0793. The van der Waals surface area contributed by atoms with Gasteiger partial charge in [-0.15, -0.1) is 0 Å². The summed E-state index contributed by atoms with van der Waals surface area (Å²) in [5, 5.41) is 10.8. The summed E-state index contributed by atoms with van der Waals surface area (Å²) in [5.41, 5.74) is 0.0793. The van der Waals surface area contributed by atoms with Crippen molar-refractivity contribution >= 4 is 11.9 Å². The van der Waals surface area contributed by atoms with Crippen molar-refractivity contribution in [3.05, 3.63) is 17.8 Å². The maximum atomic E-state index is 11.3. The van der Waals surface area contributed by atoms with Gasteiger partial charge in [-0.05, 0) is 6.92 Å². The van der Waals surface area contributed by atoms with E-state index in [1.165, 1.54) is 13.2 Å². The van der Waals surface area contributed by atoms with E-state index in [1.807, 2.05) is 0 Å². The fourth-order valence-electron chi connectivity index (χ4n) is 0.800. The number of oxazole rings is 1. The van der Waals surface area contributed by atoms with Gasteiger partial charge in [-0.25, -0.2) is 4.98 Å². The van der Waals surface area contributed by atoms with Crippen molar-refractivity contribution in [1.82, 2.24) is 10.3 Å². The minimum atomic E-state index is -1.10. The van der Waals surface area contributed by atoms with Crippen molar-refractivity contribution in [2.75, 3.05) is 0 Å². The van der Waals surface area contributed by atoms with Gasteiger partial charge in [0.1, 0.15) is 12.3 Å². The van der Waals surface area contributed by atoms with Crippen molar-refractivity contribution in [2.24, 2.45) is 0 Å². The minimum Gasteiger partial charge on any atom is -0.480 e. The number of aryl methyl sites for hydroxylation is 1. The summed E-state index contributed by atoms with van der Waals surface area (Å²) in [6.45, 7) is 2.96. The molecule has 0 aromatic carbocycles. The van der Waals surface area contributed by atoms with Crippen LogP contribution in [0.5, 0.6) is 0 Å². The van der Waals surface area contributed by atoms with Crippen LogP contribution in [0.25, 0.3) is 0 Å². The third-order valence-electron chi connectivity index (χ3n) is 1.57. The van der Waals surface area contributed by atoms with Gasteiger partial charge in [-0.2, -0.15) is 0 Å². The van der Waals surface area contributed by atoms with E-state index in [-0.39, 0.29) is 5.69 Å². The molecule has 0 aliphatic heterocycles. The number of carboxylic acid groups (broad SMARTS) is 1. The molecule has 1 aromatic rings. The van der Waals surface area contributed by atoms with Crippen molar-refractivity contribution in [3.8, 4) is 0 Å². The first kappa shape index (κ1) is 10.2. The Kier molecular flexibility index (Phi) is 2.85. The lowest BCUT2D eigenvalue weighted by Gasteiger charge is -2.06. The van der Waals surface area contributed by atoms with Gasteiger partial charge >= 0.3 is 5.97 Å². The standard InChI is InChI=1S/C8H10N2O4/c1-4(8(12)13)9-7(11)6-3-14-5(2)10-6/h3-4H,1-2H3,(H,9,11)(H,12,13). The molecule has 1 unspecified atom stereocenters. The summed E-state index contributed by atoms with van der Waals surface area (Å²) in [4.78, 5) is 25.4. The zero-order chi connectivity index (χ0) is 10.7. The van der Waals surface area contributed by atoms with Gasteiger partial charge in [0.2, 0.25) is 0 Å². The predicted molar refractivity (Wildman–Crippen MR) is 45.8 cm³/mol. The van der Waals surface area contributed by atoms with Crippen LogP contribution in [0.4, 0.5) is 0 Å². The Morgan fingerprint density at radius 3 is 2.71 bits per heavy atom. The number of aliphatic carboxylic acids is 1. The molecule has 1 rings (SSSR count). The Morgan fingerprint density at radius 1 is 1.64 bits per heavy atom. The lowest BCUT2D eigenvalue weighted by atomic mass is 10.3. The number of carbonyl (C=O) groups is 2. The van der Waals surface area contributed by atoms with Gasteiger partial charge in [0, 0.05) is 6.92 Å². The molecule has 0 spiro atoms. The average Bonchev–Trinajstić information content (AvgIpc) is 2.51. The van der Waals surface area contributed by atoms with Crippen molar-refractivity contribution in [3.63, 3.8) is 0 Å². The molecule has 0 saturated heterocycles. The first-order valence-corrected chi connectivity index (χ1v) is 3.96. The molecule has 14 heavy (non-hydrogen) atoms. The first-order valence-electron chi connectivity index (χ1n) is 3.96. The number of carboxylic acids is 1. The molecule has 76 valence electrons. The molecule has 1 amide bonds. The number of rotatable bonds is 3. The third kappa shape index (κ3) is 2.32. The topological polar surface area (TPSA) is 92.4 Å². The zero-order valence-electron chi connectivity index (χ0n) is 7.77. The number of aromatic nitrogens is 1. The Bertz CT molecular complexity index is 358. The van der Waals surface area contributed by atoms with E-state index in [2.05, 4.69) is 10.3 Å². The summed E-state index contributed by atoms with van der Waals surface area (Å²) in [6, 6.07) is -0.945. The molecule has 0 aliphatic rings. The van der Waals surface area contributed by atoms with Gasteiger partial charge in [-0.1, -0.05) is 0 Å². The lowest BCUT2D eigenvalue weighted by Crippen LogP contribution is -2.38. The number of amides is 1. The van der Waals surface area contributed by atoms with Gasteiger partial charge < -0.3 is 14.8 Å². The van der Waals surface area contributed by atoms with E-state index < -0.39 is 17.9 Å². The summed E-state index contributed by atoms with van der Waals surface area (Å²) in [5.74, 6) is -1.30. The number of hydrogen-bond donors (Lipinski definition) is 2. The molecular formula is C8H10N2O4. The molecule has 1 aromatic heterocycles. The van der Waals surface area contributed by atoms with Crippen LogP contribution in [0.15, 0.2) is 10.7 Å². The molecule has 0 bridgehead atoms. The highest BCUT2D eigenvalue weighted by Gasteiger charge is 2.17. The SMILES string of the molecule is Cc1nc(C(=O)NC(C)C(=O)O)co1. The highest BCUT2D eigenvalue weighted by molar-refractivity contribution is 5.94. The van der Waals surface area contributed by atoms with Crippen LogP contribution in [-0.4, -0.2) is 28.0 Å². The lowest BCUT2D eigenvalue weighted by molar-refractivity contribution is -0.138. The molecule has 0 fully saturated rings. The van der Waals surface area contributed by atoms with Crippen LogP contribution in [0.2, 0.25) is 0 Å². The quantitative estimate of drug-likeness (QED) is 0.723. The molecule has 0 aliphatic carbocycles. The highest BCUT2D eigenvalue weighted by atomic mass is 16.4. The third-order valence-corrected chi connectivity index (χ3v) is 1.57. The monoisotopic (exact) mass is 198 g/mol. The maximum Gasteiger partial charge on any atom is 0.325 e. The van der Waals surface area contributed by atoms with Crippen LogP contribution in [0.1, 0.15) is 23.3 Å². The Hall–Kier alpha value is -1.85. The molecule has 6 nitrogen and oxygen atoms in total. The summed E-state index contributed by atoms with van der Waals surface area (Å²) >= 11 is 0. The fourth-order valence-corrected chi connectivity index (χ4v) is 0.800. The van der Waals surface area contributed by atoms with E-state index in [9.17, 15) is 9.59 Å². The van der Waals surface area contributed by atoms with Gasteiger partial charge in [0.05, 0.1) is 0 Å². The van der Waals surface area contributed by atoms with E-state index in [1.54, 1.807) is 6.92 Å². The van der Waals surface area contributed by atoms with E-state index in [0.717, 1.165) is 0 Å². The Balaban J connectivity index is 2.63. The van der Waals surface area contributed by atoms with Crippen molar-refractivity contribution in [2.45, 2.75) is 19.9 Å². The summed E-state index contributed by atoms with van der Waals surface area (Å²) in [7, 11) is 0. The van der Waals surface area contributed by atoms with Gasteiger partial charge in [-0.3, -0.25) is 9.59 Å². The molecule has 1 atom stereocenters. The second-order valence-corrected chi connectivity index (χ2v) is 2.79.